The quantitative estimate of drug-likeness (QED) is 0.679. The van der Waals surface area contributed by atoms with Gasteiger partial charge in [-0.1, -0.05) is 74.5 Å². The van der Waals surface area contributed by atoms with E-state index in [2.05, 4.69) is 0 Å². The summed E-state index contributed by atoms with van der Waals surface area (Å²) in [5, 5.41) is 1.37. The van der Waals surface area contributed by atoms with Crippen molar-refractivity contribution in [3.63, 3.8) is 0 Å². The van der Waals surface area contributed by atoms with Gasteiger partial charge in [0.2, 0.25) is 0 Å². The summed E-state index contributed by atoms with van der Waals surface area (Å²) in [5.74, 6) is 0. The van der Waals surface area contributed by atoms with Gasteiger partial charge in [-0.15, -0.1) is 0 Å². The third-order valence-electron chi connectivity index (χ3n) is 3.90. The zero-order valence-corrected chi connectivity index (χ0v) is 15.7. The summed E-state index contributed by atoms with van der Waals surface area (Å²) in [4.78, 5) is 26.3. The normalized spacial score (nSPS) is 11.0. The maximum absolute atomic E-state index is 13.2. The van der Waals surface area contributed by atoms with Crippen LogP contribution in [0.3, 0.4) is 0 Å². The van der Waals surface area contributed by atoms with Crippen molar-refractivity contribution in [1.82, 2.24) is 0 Å². The molecule has 2 rings (SSSR count). The smallest absolute Gasteiger partial charge is 0.370 e. The molecule has 0 aliphatic rings. The Labute approximate surface area is 149 Å². The molecule has 0 atom stereocenters. The standard InChI is InChI=1S/C20H24O4Si/c1-3-15-23-19(21)25(20(22)24-16-4-2,17-11-7-5-8-12-17)18-13-9-6-10-14-18/h5-14H,3-4,15-16H2,1-2H3. The fourth-order valence-corrected chi connectivity index (χ4v) is 6.17. The van der Waals surface area contributed by atoms with Crippen molar-refractivity contribution >= 4 is 29.6 Å². The first kappa shape index (κ1) is 18.9. The van der Waals surface area contributed by atoms with Gasteiger partial charge in [0.1, 0.15) is 0 Å². The highest BCUT2D eigenvalue weighted by atomic mass is 28.3. The lowest BCUT2D eigenvalue weighted by atomic mass is 10.4. The molecule has 0 spiro atoms. The number of ether oxygens (including phenoxy) is 2. The molecule has 0 saturated heterocycles. The monoisotopic (exact) mass is 356 g/mol. The van der Waals surface area contributed by atoms with Gasteiger partial charge in [0.05, 0.1) is 13.2 Å². The van der Waals surface area contributed by atoms with Crippen molar-refractivity contribution in [2.75, 3.05) is 13.2 Å². The third-order valence-corrected chi connectivity index (χ3v) is 7.81. The minimum Gasteiger partial charge on any atom is -0.469 e. The van der Waals surface area contributed by atoms with Gasteiger partial charge >= 0.3 is 8.07 Å². The van der Waals surface area contributed by atoms with E-state index in [4.69, 9.17) is 9.47 Å². The Morgan fingerprint density at radius 3 is 1.40 bits per heavy atom. The molecular weight excluding hydrogens is 332 g/mol. The summed E-state index contributed by atoms with van der Waals surface area (Å²) in [7, 11) is -3.55. The number of hydrogen-bond donors (Lipinski definition) is 0. The molecule has 0 aliphatic heterocycles. The van der Waals surface area contributed by atoms with Gasteiger partial charge in [0.25, 0.3) is 11.2 Å². The summed E-state index contributed by atoms with van der Waals surface area (Å²) < 4.78 is 11.0. The predicted molar refractivity (Wildman–Crippen MR) is 101 cm³/mol. The van der Waals surface area contributed by atoms with E-state index in [1.54, 1.807) is 0 Å². The maximum atomic E-state index is 13.2. The topological polar surface area (TPSA) is 52.6 Å². The molecule has 0 fully saturated rings. The molecule has 0 aliphatic carbocycles. The number of rotatable bonds is 8. The van der Waals surface area contributed by atoms with Gasteiger partial charge in [0, 0.05) is 0 Å². The van der Waals surface area contributed by atoms with E-state index in [0.717, 1.165) is 0 Å². The second kappa shape index (κ2) is 9.18. The van der Waals surface area contributed by atoms with E-state index in [9.17, 15) is 9.59 Å². The molecule has 0 bridgehead atoms. The van der Waals surface area contributed by atoms with E-state index in [1.165, 1.54) is 0 Å². The van der Waals surface area contributed by atoms with E-state index in [1.807, 2.05) is 74.5 Å². The SMILES string of the molecule is CCCOC(=O)[Si](C(=O)OCCC)(c1ccccc1)c1ccccc1. The van der Waals surface area contributed by atoms with E-state index in [0.29, 0.717) is 23.2 Å². The Morgan fingerprint density at radius 1 is 0.720 bits per heavy atom. The highest BCUT2D eigenvalue weighted by Crippen LogP contribution is 2.14. The number of carbonyl (C=O) groups excluding carboxylic acids is 2. The van der Waals surface area contributed by atoms with Crippen LogP contribution in [-0.2, 0) is 9.47 Å². The predicted octanol–water partition coefficient (Wildman–Crippen LogP) is 3.51. The van der Waals surface area contributed by atoms with Gasteiger partial charge in [-0.05, 0) is 23.2 Å². The molecule has 2 aromatic carbocycles. The molecule has 25 heavy (non-hydrogen) atoms. The first-order chi connectivity index (χ1) is 12.2. The third kappa shape index (κ3) is 3.99. The lowest BCUT2D eigenvalue weighted by Gasteiger charge is -2.27. The number of benzene rings is 2. The summed E-state index contributed by atoms with van der Waals surface area (Å²) in [5.41, 5.74) is -0.930. The second-order valence-corrected chi connectivity index (χ2v) is 9.23. The molecule has 0 unspecified atom stereocenters. The highest BCUT2D eigenvalue weighted by molar-refractivity contribution is 7.37. The second-order valence-electron chi connectivity index (χ2n) is 5.75. The fourth-order valence-electron chi connectivity index (χ4n) is 2.70. The molecule has 0 heterocycles. The number of hydrogen-bond acceptors (Lipinski definition) is 4. The zero-order chi connectivity index (χ0) is 18.1. The molecule has 0 aromatic heterocycles. The molecular formula is C20H24O4Si. The van der Waals surface area contributed by atoms with Gasteiger partial charge in [-0.2, -0.15) is 0 Å². The van der Waals surface area contributed by atoms with Crippen molar-refractivity contribution in [2.24, 2.45) is 0 Å². The van der Waals surface area contributed by atoms with Crippen LogP contribution in [0.5, 0.6) is 0 Å². The molecule has 0 saturated carbocycles. The van der Waals surface area contributed by atoms with Crippen LogP contribution in [0.4, 0.5) is 9.59 Å². The molecule has 2 aromatic rings. The summed E-state index contributed by atoms with van der Waals surface area (Å²) in [6.45, 7) is 4.43. The molecule has 0 amide bonds. The van der Waals surface area contributed by atoms with Crippen molar-refractivity contribution in [1.29, 1.82) is 0 Å². The summed E-state index contributed by atoms with van der Waals surface area (Å²) >= 11 is 0. The van der Waals surface area contributed by atoms with Crippen LogP contribution in [-0.4, -0.2) is 32.5 Å². The Bertz CT molecular complexity index is 624. The molecule has 4 nitrogen and oxygen atoms in total. The maximum Gasteiger partial charge on any atom is 0.370 e. The van der Waals surface area contributed by atoms with Crippen LogP contribution in [0, 0.1) is 0 Å². The Balaban J connectivity index is 2.64. The molecule has 132 valence electrons. The average molecular weight is 356 g/mol. The van der Waals surface area contributed by atoms with Crippen LogP contribution < -0.4 is 10.4 Å². The van der Waals surface area contributed by atoms with E-state index >= 15 is 0 Å². The van der Waals surface area contributed by atoms with Gasteiger partial charge in [-0.3, -0.25) is 9.59 Å². The van der Waals surface area contributed by atoms with Gasteiger partial charge < -0.3 is 9.47 Å². The van der Waals surface area contributed by atoms with E-state index in [-0.39, 0.29) is 13.2 Å². The minimum atomic E-state index is -3.55. The first-order valence-corrected chi connectivity index (χ1v) is 10.6. The Morgan fingerprint density at radius 2 is 1.08 bits per heavy atom. The van der Waals surface area contributed by atoms with Crippen molar-refractivity contribution in [2.45, 2.75) is 26.7 Å². The first-order valence-electron chi connectivity index (χ1n) is 8.63. The van der Waals surface area contributed by atoms with Crippen molar-refractivity contribution < 1.29 is 19.1 Å². The van der Waals surface area contributed by atoms with Crippen molar-refractivity contribution in [3.8, 4) is 0 Å². The average Bonchev–Trinajstić information content (AvgIpc) is 2.67. The molecule has 0 radical (unpaired) electrons. The van der Waals surface area contributed by atoms with Crippen LogP contribution >= 0.6 is 0 Å². The molecule has 0 N–H and O–H groups in total. The lowest BCUT2D eigenvalue weighted by molar-refractivity contribution is 0.162. The minimum absolute atomic E-state index is 0.286. The van der Waals surface area contributed by atoms with Crippen LogP contribution in [0.25, 0.3) is 0 Å². The zero-order valence-electron chi connectivity index (χ0n) is 14.7. The summed E-state index contributed by atoms with van der Waals surface area (Å²) in [6.07, 6.45) is 1.40. The van der Waals surface area contributed by atoms with Crippen LogP contribution in [0.15, 0.2) is 60.7 Å². The lowest BCUT2D eigenvalue weighted by Crippen LogP contribution is -2.70. The summed E-state index contributed by atoms with van der Waals surface area (Å²) in [6, 6.07) is 18.3. The van der Waals surface area contributed by atoms with Crippen molar-refractivity contribution in [3.05, 3.63) is 60.7 Å². The van der Waals surface area contributed by atoms with E-state index < -0.39 is 19.3 Å². The largest absolute Gasteiger partial charge is 0.469 e. The number of carbonyl (C=O) groups is 2. The highest BCUT2D eigenvalue weighted by Gasteiger charge is 2.56. The van der Waals surface area contributed by atoms with Gasteiger partial charge in [-0.25, -0.2) is 0 Å². The Kier molecular flexibility index (Phi) is 6.95. The van der Waals surface area contributed by atoms with Gasteiger partial charge in [0.15, 0.2) is 0 Å². The molecule has 5 heteroatoms. The van der Waals surface area contributed by atoms with Crippen LogP contribution in [0.2, 0.25) is 0 Å². The Hall–Kier alpha value is -2.40. The fraction of sp³-hybridized carbons (Fsp3) is 0.300. The van der Waals surface area contributed by atoms with Crippen LogP contribution in [0.1, 0.15) is 26.7 Å².